The quantitative estimate of drug-likeness (QED) is 0.919. The summed E-state index contributed by atoms with van der Waals surface area (Å²) in [4.78, 5) is 13.0. The van der Waals surface area contributed by atoms with Crippen molar-refractivity contribution in [3.63, 3.8) is 0 Å². The molecule has 0 bridgehead atoms. The normalized spacial score (nSPS) is 12.2. The predicted octanol–water partition coefficient (Wildman–Crippen LogP) is 2.19. The minimum atomic E-state index is 0.0850. The summed E-state index contributed by atoms with van der Waals surface area (Å²) < 4.78 is 1.05. The van der Waals surface area contributed by atoms with Crippen LogP contribution in [-0.4, -0.2) is 31.4 Å². The molecule has 0 saturated heterocycles. The van der Waals surface area contributed by atoms with Crippen molar-refractivity contribution in [3.05, 3.63) is 34.3 Å². The number of amides is 1. The minimum absolute atomic E-state index is 0.0850. The Morgan fingerprint density at radius 2 is 2.19 bits per heavy atom. The number of hydrogen-bond donors (Lipinski definition) is 1. The number of carbonyl (C=O) groups excluding carboxylic acids is 1. The maximum atomic E-state index is 11.4. The highest BCUT2D eigenvalue weighted by Gasteiger charge is 2.08. The minimum Gasteiger partial charge on any atom is -0.348 e. The number of rotatable bonds is 4. The fraction of sp³-hybridized carbons (Fsp3) is 0.417. The summed E-state index contributed by atoms with van der Waals surface area (Å²) in [5.74, 6) is 0.0850. The lowest BCUT2D eigenvalue weighted by Crippen LogP contribution is -2.34. The van der Waals surface area contributed by atoms with Crippen molar-refractivity contribution in [1.29, 1.82) is 0 Å². The van der Waals surface area contributed by atoms with E-state index in [0.717, 1.165) is 4.47 Å². The van der Waals surface area contributed by atoms with Crippen LogP contribution in [0.1, 0.15) is 18.5 Å². The highest BCUT2D eigenvalue weighted by Crippen LogP contribution is 2.17. The van der Waals surface area contributed by atoms with Crippen LogP contribution in [0.25, 0.3) is 0 Å². The zero-order valence-corrected chi connectivity index (χ0v) is 11.4. The van der Waals surface area contributed by atoms with Gasteiger partial charge in [-0.15, -0.1) is 0 Å². The average Bonchev–Trinajstić information content (AvgIpc) is 2.25. The molecule has 0 aliphatic carbocycles. The lowest BCUT2D eigenvalue weighted by molar-refractivity contribution is -0.127. The van der Waals surface area contributed by atoms with Gasteiger partial charge < -0.3 is 10.2 Å². The van der Waals surface area contributed by atoms with Crippen LogP contribution in [0.15, 0.2) is 28.7 Å². The molecule has 0 saturated carbocycles. The van der Waals surface area contributed by atoms with E-state index >= 15 is 0 Å². The largest absolute Gasteiger partial charge is 0.348 e. The molecule has 0 fully saturated rings. The van der Waals surface area contributed by atoms with Crippen molar-refractivity contribution in [2.45, 2.75) is 13.0 Å². The summed E-state index contributed by atoms with van der Waals surface area (Å²) in [7, 11) is 3.52. The maximum absolute atomic E-state index is 11.4. The number of nitrogens with one attached hydrogen (secondary N) is 1. The zero-order valence-electron chi connectivity index (χ0n) is 9.83. The van der Waals surface area contributed by atoms with Crippen LogP contribution in [0.4, 0.5) is 0 Å². The van der Waals surface area contributed by atoms with E-state index in [1.165, 1.54) is 5.56 Å². The third-order valence-electron chi connectivity index (χ3n) is 2.41. The highest BCUT2D eigenvalue weighted by molar-refractivity contribution is 9.10. The Morgan fingerprint density at radius 3 is 2.75 bits per heavy atom. The number of benzene rings is 1. The fourth-order valence-electron chi connectivity index (χ4n) is 1.29. The van der Waals surface area contributed by atoms with E-state index in [1.807, 2.05) is 25.1 Å². The molecule has 0 aliphatic heterocycles. The third-order valence-corrected chi connectivity index (χ3v) is 2.90. The molecule has 0 aromatic heterocycles. The first kappa shape index (κ1) is 13.2. The van der Waals surface area contributed by atoms with Crippen LogP contribution in [0, 0.1) is 0 Å². The Morgan fingerprint density at radius 1 is 1.50 bits per heavy atom. The van der Waals surface area contributed by atoms with Crippen LogP contribution in [0.5, 0.6) is 0 Å². The molecular weight excluding hydrogens is 268 g/mol. The van der Waals surface area contributed by atoms with Crippen molar-refractivity contribution in [3.8, 4) is 0 Å². The van der Waals surface area contributed by atoms with E-state index in [0.29, 0.717) is 6.54 Å². The van der Waals surface area contributed by atoms with Gasteiger partial charge in [0.15, 0.2) is 0 Å². The maximum Gasteiger partial charge on any atom is 0.236 e. The number of carbonyl (C=O) groups is 1. The molecule has 1 amide bonds. The summed E-state index contributed by atoms with van der Waals surface area (Å²) in [6, 6.07) is 8.24. The Labute approximate surface area is 105 Å². The molecule has 1 unspecified atom stereocenters. The van der Waals surface area contributed by atoms with Gasteiger partial charge in [-0.2, -0.15) is 0 Å². The van der Waals surface area contributed by atoms with E-state index < -0.39 is 0 Å². The summed E-state index contributed by atoms with van der Waals surface area (Å²) in [6.07, 6.45) is 0. The van der Waals surface area contributed by atoms with Crippen LogP contribution in [-0.2, 0) is 4.79 Å². The van der Waals surface area contributed by atoms with Crippen LogP contribution < -0.4 is 5.32 Å². The standard InChI is InChI=1S/C12H17BrN2O/c1-9(14-8-12(16)15(2)3)10-5-4-6-11(13)7-10/h4-7,9,14H,8H2,1-3H3. The number of halogens is 1. The van der Waals surface area contributed by atoms with Gasteiger partial charge in [-0.25, -0.2) is 0 Å². The first-order valence-electron chi connectivity index (χ1n) is 5.19. The molecule has 0 aliphatic rings. The molecule has 88 valence electrons. The molecule has 4 heteroatoms. The average molecular weight is 285 g/mol. The lowest BCUT2D eigenvalue weighted by atomic mass is 10.1. The molecule has 0 heterocycles. The van der Waals surface area contributed by atoms with Crippen molar-refractivity contribution in [2.75, 3.05) is 20.6 Å². The first-order chi connectivity index (χ1) is 7.50. The molecule has 1 rings (SSSR count). The van der Waals surface area contributed by atoms with E-state index in [2.05, 4.69) is 27.3 Å². The molecular formula is C12H17BrN2O. The van der Waals surface area contributed by atoms with Crippen molar-refractivity contribution in [1.82, 2.24) is 10.2 Å². The van der Waals surface area contributed by atoms with Gasteiger partial charge in [0.05, 0.1) is 6.54 Å². The summed E-state index contributed by atoms with van der Waals surface area (Å²) in [5, 5.41) is 3.20. The van der Waals surface area contributed by atoms with Gasteiger partial charge >= 0.3 is 0 Å². The summed E-state index contributed by atoms with van der Waals surface area (Å²) in [5.41, 5.74) is 1.17. The molecule has 1 N–H and O–H groups in total. The van der Waals surface area contributed by atoms with Gasteiger partial charge in [-0.1, -0.05) is 28.1 Å². The molecule has 3 nitrogen and oxygen atoms in total. The van der Waals surface area contributed by atoms with Gasteiger partial charge in [0.1, 0.15) is 0 Å². The fourth-order valence-corrected chi connectivity index (χ4v) is 1.71. The van der Waals surface area contributed by atoms with Gasteiger partial charge in [0.25, 0.3) is 0 Å². The Hall–Kier alpha value is -0.870. The second kappa shape index (κ2) is 6.01. The smallest absolute Gasteiger partial charge is 0.236 e. The van der Waals surface area contributed by atoms with Crippen LogP contribution in [0.3, 0.4) is 0 Å². The van der Waals surface area contributed by atoms with Crippen molar-refractivity contribution < 1.29 is 4.79 Å². The lowest BCUT2D eigenvalue weighted by Gasteiger charge is -2.16. The van der Waals surface area contributed by atoms with Crippen LogP contribution in [0.2, 0.25) is 0 Å². The predicted molar refractivity (Wildman–Crippen MR) is 69.3 cm³/mol. The number of hydrogen-bond acceptors (Lipinski definition) is 2. The molecule has 0 radical (unpaired) electrons. The first-order valence-corrected chi connectivity index (χ1v) is 5.99. The zero-order chi connectivity index (χ0) is 12.1. The van der Waals surface area contributed by atoms with E-state index in [9.17, 15) is 4.79 Å². The Kier molecular flexibility index (Phi) is 4.96. The topological polar surface area (TPSA) is 32.3 Å². The second-order valence-corrected chi connectivity index (χ2v) is 4.86. The Balaban J connectivity index is 2.53. The van der Waals surface area contributed by atoms with Crippen molar-refractivity contribution in [2.24, 2.45) is 0 Å². The van der Waals surface area contributed by atoms with E-state index in [-0.39, 0.29) is 11.9 Å². The molecule has 1 aromatic rings. The molecule has 1 atom stereocenters. The molecule has 16 heavy (non-hydrogen) atoms. The van der Waals surface area contributed by atoms with Crippen LogP contribution >= 0.6 is 15.9 Å². The molecule has 0 spiro atoms. The van der Waals surface area contributed by atoms with Gasteiger partial charge in [0.2, 0.25) is 5.91 Å². The van der Waals surface area contributed by atoms with E-state index in [1.54, 1.807) is 19.0 Å². The van der Waals surface area contributed by atoms with Crippen molar-refractivity contribution >= 4 is 21.8 Å². The van der Waals surface area contributed by atoms with Gasteiger partial charge in [-0.3, -0.25) is 4.79 Å². The Bertz CT molecular complexity index is 366. The monoisotopic (exact) mass is 284 g/mol. The second-order valence-electron chi connectivity index (χ2n) is 3.95. The third kappa shape index (κ3) is 3.94. The summed E-state index contributed by atoms with van der Waals surface area (Å²) >= 11 is 3.43. The highest BCUT2D eigenvalue weighted by atomic mass is 79.9. The number of likely N-dealkylation sites (N-methyl/N-ethyl adjacent to an activating group) is 1. The summed E-state index contributed by atoms with van der Waals surface area (Å²) in [6.45, 7) is 2.41. The van der Waals surface area contributed by atoms with E-state index in [4.69, 9.17) is 0 Å². The number of nitrogens with zero attached hydrogens (tertiary/aromatic N) is 1. The van der Waals surface area contributed by atoms with Gasteiger partial charge in [-0.05, 0) is 24.6 Å². The van der Waals surface area contributed by atoms with Gasteiger partial charge in [0, 0.05) is 24.6 Å². The SMILES string of the molecule is CC(NCC(=O)N(C)C)c1cccc(Br)c1. The molecule has 1 aromatic carbocycles.